The Morgan fingerprint density at radius 3 is 1.46 bits per heavy atom. The number of rotatable bonds is 7. The van der Waals surface area contributed by atoms with E-state index in [4.69, 9.17) is 0 Å². The molecule has 6 aromatic rings. The molecule has 6 aromatic carbocycles. The van der Waals surface area contributed by atoms with Crippen LogP contribution >= 0.6 is 15.8 Å². The molecule has 0 saturated heterocycles. The summed E-state index contributed by atoms with van der Waals surface area (Å²) in [6.45, 7) is 2.49. The maximum absolute atomic E-state index is 2.49. The van der Waals surface area contributed by atoms with Crippen LogP contribution < -0.4 is 21.2 Å². The molecule has 2 heteroatoms. The van der Waals surface area contributed by atoms with Crippen molar-refractivity contribution >= 4 is 58.6 Å². The molecule has 0 aromatic heterocycles. The zero-order valence-electron chi connectivity index (χ0n) is 23.1. The summed E-state index contributed by atoms with van der Waals surface area (Å²) in [5.41, 5.74) is 0.426. The zero-order valence-corrected chi connectivity index (χ0v) is 24.9. The molecule has 1 aliphatic carbocycles. The predicted octanol–water partition coefficient (Wildman–Crippen LogP) is 9.02. The molecule has 7 rings (SSSR count). The van der Waals surface area contributed by atoms with Gasteiger partial charge in [0.25, 0.3) is 0 Å². The number of allylic oxidation sites excluding steroid dienone is 4. The summed E-state index contributed by atoms with van der Waals surface area (Å²) in [4.78, 5) is 0. The summed E-state index contributed by atoms with van der Waals surface area (Å²) in [5.74, 6) is 0.366. The van der Waals surface area contributed by atoms with Gasteiger partial charge in [-0.05, 0) is 81.7 Å². The van der Waals surface area contributed by atoms with E-state index in [0.717, 1.165) is 0 Å². The smallest absolute Gasteiger partial charge is 0.0103 e. The topological polar surface area (TPSA) is 0 Å². The number of hydrogen-bond donors (Lipinski definition) is 0. The molecule has 0 saturated carbocycles. The highest BCUT2D eigenvalue weighted by atomic mass is 31.1. The lowest BCUT2D eigenvalue weighted by Gasteiger charge is -2.34. The lowest BCUT2D eigenvalue weighted by molar-refractivity contribution is 0.785. The van der Waals surface area contributed by atoms with Crippen LogP contribution in [0.1, 0.15) is 6.92 Å². The summed E-state index contributed by atoms with van der Waals surface area (Å²) in [6.07, 6.45) is 7.20. The molecule has 0 fully saturated rings. The zero-order chi connectivity index (χ0) is 27.6. The molecular weight excluding hydrogens is 530 g/mol. The summed E-state index contributed by atoms with van der Waals surface area (Å²) in [7, 11) is -1.27. The number of fused-ring (bicyclic) bond motifs is 2. The van der Waals surface area contributed by atoms with E-state index in [-0.39, 0.29) is 0 Å². The van der Waals surface area contributed by atoms with E-state index in [1.807, 2.05) is 0 Å². The molecule has 0 nitrogen and oxygen atoms in total. The third-order valence-electron chi connectivity index (χ3n) is 8.16. The molecule has 0 radical (unpaired) electrons. The first kappa shape index (κ1) is 26.1. The van der Waals surface area contributed by atoms with Gasteiger partial charge in [-0.15, -0.1) is 0 Å². The van der Waals surface area contributed by atoms with Crippen LogP contribution in [0, 0.1) is 5.92 Å². The van der Waals surface area contributed by atoms with Crippen LogP contribution in [0.15, 0.2) is 169 Å². The predicted molar refractivity (Wildman–Crippen MR) is 183 cm³/mol. The van der Waals surface area contributed by atoms with Crippen molar-refractivity contribution in [3.8, 4) is 0 Å². The van der Waals surface area contributed by atoms with Gasteiger partial charge in [0, 0.05) is 5.92 Å². The molecule has 0 heterocycles. The quantitative estimate of drug-likeness (QED) is 0.170. The van der Waals surface area contributed by atoms with Gasteiger partial charge in [0.1, 0.15) is 0 Å². The van der Waals surface area contributed by atoms with Crippen molar-refractivity contribution in [2.75, 3.05) is 0 Å². The summed E-state index contributed by atoms with van der Waals surface area (Å²) < 4.78 is 0. The van der Waals surface area contributed by atoms with Gasteiger partial charge in [-0.25, -0.2) is 0 Å². The molecule has 0 N–H and O–H groups in total. The van der Waals surface area contributed by atoms with Gasteiger partial charge in [0.15, 0.2) is 0 Å². The third-order valence-corrected chi connectivity index (χ3v) is 13.6. The van der Waals surface area contributed by atoms with Crippen molar-refractivity contribution in [2.45, 2.75) is 12.6 Å². The van der Waals surface area contributed by atoms with Gasteiger partial charge < -0.3 is 0 Å². The Morgan fingerprint density at radius 2 is 0.951 bits per heavy atom. The number of benzene rings is 6. The number of hydrogen-bond acceptors (Lipinski definition) is 0. The first-order valence-corrected chi connectivity index (χ1v) is 17.1. The molecule has 0 aliphatic heterocycles. The van der Waals surface area contributed by atoms with E-state index in [1.165, 1.54) is 42.8 Å². The average Bonchev–Trinajstić information content (AvgIpc) is 3.52. The van der Waals surface area contributed by atoms with Crippen molar-refractivity contribution in [1.82, 2.24) is 0 Å². The van der Waals surface area contributed by atoms with Crippen LogP contribution in [-0.2, 0) is 0 Å². The maximum atomic E-state index is 2.49. The van der Waals surface area contributed by atoms with Crippen molar-refractivity contribution in [3.63, 3.8) is 0 Å². The second kappa shape index (κ2) is 11.6. The van der Waals surface area contributed by atoms with Crippen LogP contribution in [0.5, 0.6) is 0 Å². The molecule has 198 valence electrons. The monoisotopic (exact) mass is 562 g/mol. The third kappa shape index (κ3) is 5.20. The Labute approximate surface area is 245 Å². The lowest BCUT2D eigenvalue weighted by atomic mass is 10.1. The minimum atomic E-state index is -0.640. The molecule has 1 aliphatic rings. The Balaban J connectivity index is 1.35. The minimum absolute atomic E-state index is 0.366. The lowest BCUT2D eigenvalue weighted by Crippen LogP contribution is -2.27. The largest absolute Gasteiger partial charge is 0.0763 e. The fourth-order valence-electron chi connectivity index (χ4n) is 6.15. The molecule has 2 unspecified atom stereocenters. The first-order chi connectivity index (χ1) is 20.3. The molecule has 0 spiro atoms. The Morgan fingerprint density at radius 1 is 0.488 bits per heavy atom. The fourth-order valence-corrected chi connectivity index (χ4v) is 11.8. The van der Waals surface area contributed by atoms with Crippen LogP contribution in [0.4, 0.5) is 0 Å². The molecule has 41 heavy (non-hydrogen) atoms. The molecule has 0 amide bonds. The van der Waals surface area contributed by atoms with Gasteiger partial charge in [0.2, 0.25) is 0 Å². The van der Waals surface area contributed by atoms with Gasteiger partial charge in [-0.3, -0.25) is 0 Å². The normalized spacial score (nSPS) is 15.6. The highest BCUT2D eigenvalue weighted by molar-refractivity contribution is 7.77. The molecular formula is C39H32P2. The highest BCUT2D eigenvalue weighted by Gasteiger charge is 2.34. The van der Waals surface area contributed by atoms with E-state index < -0.39 is 15.8 Å². The summed E-state index contributed by atoms with van der Waals surface area (Å²) in [5, 5.41) is 12.5. The van der Waals surface area contributed by atoms with Crippen molar-refractivity contribution in [2.24, 2.45) is 5.92 Å². The standard InChI is InChI=1S/C39H32P2/c1-29(38-21-12-22-39(38)41(34-17-4-2-5-18-34)35-19-6-3-7-20-35)40(36-25-23-30-13-8-10-15-32(30)27-36)37-26-24-31-14-9-11-16-33(31)28-37/h2-29,38H,1H3. The minimum Gasteiger partial charge on any atom is -0.0763 e. The molecule has 0 bridgehead atoms. The maximum Gasteiger partial charge on any atom is 0.0103 e. The average molecular weight is 563 g/mol. The van der Waals surface area contributed by atoms with E-state index in [0.29, 0.717) is 11.6 Å². The van der Waals surface area contributed by atoms with Crippen LogP contribution in [0.2, 0.25) is 0 Å². The second-order valence-corrected chi connectivity index (χ2v) is 15.5. The van der Waals surface area contributed by atoms with E-state index in [9.17, 15) is 0 Å². The van der Waals surface area contributed by atoms with E-state index >= 15 is 0 Å². The van der Waals surface area contributed by atoms with E-state index in [2.05, 4.69) is 171 Å². The fraction of sp³-hybridized carbons (Fsp3) is 0.0769. The van der Waals surface area contributed by atoms with Gasteiger partial charge >= 0.3 is 0 Å². The SMILES string of the molecule is CC(C1C=CC=C1P(c1ccccc1)c1ccccc1)P(c1ccc2ccccc2c1)c1ccc2ccccc2c1. The van der Waals surface area contributed by atoms with Gasteiger partial charge in [-0.2, -0.15) is 0 Å². The first-order valence-electron chi connectivity index (χ1n) is 14.3. The van der Waals surface area contributed by atoms with Gasteiger partial charge in [-0.1, -0.05) is 159 Å². The molecule has 2 atom stereocenters. The van der Waals surface area contributed by atoms with E-state index in [1.54, 1.807) is 5.31 Å². The van der Waals surface area contributed by atoms with Crippen LogP contribution in [0.25, 0.3) is 21.5 Å². The van der Waals surface area contributed by atoms with Crippen molar-refractivity contribution in [3.05, 3.63) is 169 Å². The van der Waals surface area contributed by atoms with Crippen LogP contribution in [0.3, 0.4) is 0 Å². The van der Waals surface area contributed by atoms with Crippen molar-refractivity contribution in [1.29, 1.82) is 0 Å². The highest BCUT2D eigenvalue weighted by Crippen LogP contribution is 2.55. The second-order valence-electron chi connectivity index (χ2n) is 10.7. The Kier molecular flexibility index (Phi) is 7.37. The Bertz CT molecular complexity index is 1750. The Hall–Kier alpha value is -3.82. The van der Waals surface area contributed by atoms with Gasteiger partial charge in [0.05, 0.1) is 0 Å². The van der Waals surface area contributed by atoms with Crippen LogP contribution in [-0.4, -0.2) is 5.66 Å². The summed E-state index contributed by atoms with van der Waals surface area (Å²) in [6, 6.07) is 54.1. The van der Waals surface area contributed by atoms with Crippen molar-refractivity contribution < 1.29 is 0 Å². The summed E-state index contributed by atoms with van der Waals surface area (Å²) >= 11 is 0.